The van der Waals surface area contributed by atoms with Crippen LogP contribution in [-0.4, -0.2) is 51.5 Å². The number of fused-ring (bicyclic) bond motifs is 1. The van der Waals surface area contributed by atoms with Gasteiger partial charge in [-0.05, 0) is 43.2 Å². The Morgan fingerprint density at radius 3 is 2.80 bits per heavy atom. The van der Waals surface area contributed by atoms with E-state index in [1.54, 1.807) is 25.4 Å². The number of amides is 1. The third-order valence-electron chi connectivity index (χ3n) is 5.60. The van der Waals surface area contributed by atoms with E-state index >= 15 is 0 Å². The molecule has 1 aliphatic rings. The van der Waals surface area contributed by atoms with Crippen molar-refractivity contribution in [1.82, 2.24) is 25.2 Å². The second-order valence-corrected chi connectivity index (χ2v) is 7.54. The van der Waals surface area contributed by atoms with Crippen LogP contribution in [-0.2, 0) is 13.0 Å². The summed E-state index contributed by atoms with van der Waals surface area (Å²) >= 11 is 0. The summed E-state index contributed by atoms with van der Waals surface area (Å²) in [5.41, 5.74) is 3.67. The van der Waals surface area contributed by atoms with E-state index in [1.807, 2.05) is 25.3 Å². The monoisotopic (exact) mass is 407 g/mol. The van der Waals surface area contributed by atoms with Gasteiger partial charge in [-0.25, -0.2) is 4.98 Å². The van der Waals surface area contributed by atoms with E-state index in [0.29, 0.717) is 17.9 Å². The van der Waals surface area contributed by atoms with Gasteiger partial charge < -0.3 is 15.0 Å². The van der Waals surface area contributed by atoms with Crippen LogP contribution in [0.5, 0.6) is 5.75 Å². The van der Waals surface area contributed by atoms with Crippen LogP contribution in [0.15, 0.2) is 41.5 Å². The molecule has 8 nitrogen and oxygen atoms in total. The molecule has 1 saturated heterocycles. The third-order valence-corrected chi connectivity index (χ3v) is 5.60. The maximum absolute atomic E-state index is 12.1. The van der Waals surface area contributed by atoms with E-state index in [4.69, 9.17) is 4.74 Å². The molecule has 8 heteroatoms. The average molecular weight is 407 g/mol. The van der Waals surface area contributed by atoms with E-state index in [9.17, 15) is 9.59 Å². The molecule has 0 unspecified atom stereocenters. The lowest BCUT2D eigenvalue weighted by Crippen LogP contribution is -2.60. The van der Waals surface area contributed by atoms with Gasteiger partial charge in [0, 0.05) is 37.9 Å². The number of likely N-dealkylation sites (tertiary alicyclic amines) is 1. The minimum absolute atomic E-state index is 0.0502. The van der Waals surface area contributed by atoms with Crippen LogP contribution in [0.3, 0.4) is 0 Å². The van der Waals surface area contributed by atoms with E-state index in [2.05, 4.69) is 32.1 Å². The first kappa shape index (κ1) is 20.0. The standard InChI is InChI=1S/C22H25N5O3/c1-4-15-8-18-19(26-21(15)28)7-14(9-24-18)11-27-12-20(13(27)2)30-16-5-6-17(25-10-16)22(29)23-3/h5-10,13,20H,4,11-12H2,1-3H3,(H,23,29)(H,26,28)/t13-,20+/m0/s1. The van der Waals surface area contributed by atoms with Crippen molar-refractivity contribution in [1.29, 1.82) is 0 Å². The summed E-state index contributed by atoms with van der Waals surface area (Å²) < 4.78 is 6.01. The molecular weight excluding hydrogens is 382 g/mol. The zero-order chi connectivity index (χ0) is 21.3. The molecule has 30 heavy (non-hydrogen) atoms. The highest BCUT2D eigenvalue weighted by Crippen LogP contribution is 2.26. The van der Waals surface area contributed by atoms with Gasteiger partial charge in [0.15, 0.2) is 0 Å². The van der Waals surface area contributed by atoms with E-state index in [0.717, 1.165) is 35.2 Å². The lowest BCUT2D eigenvalue weighted by Gasteiger charge is -2.45. The Morgan fingerprint density at radius 1 is 1.30 bits per heavy atom. The fourth-order valence-electron chi connectivity index (χ4n) is 3.63. The predicted molar refractivity (Wildman–Crippen MR) is 114 cm³/mol. The van der Waals surface area contributed by atoms with E-state index < -0.39 is 0 Å². The number of hydrogen-bond donors (Lipinski definition) is 2. The molecule has 0 aromatic carbocycles. The molecule has 0 aliphatic carbocycles. The highest BCUT2D eigenvalue weighted by atomic mass is 16.5. The number of ether oxygens (including phenoxy) is 1. The summed E-state index contributed by atoms with van der Waals surface area (Å²) in [4.78, 5) is 37.5. The number of hydrogen-bond acceptors (Lipinski definition) is 6. The molecule has 1 amide bonds. The Kier molecular flexibility index (Phi) is 5.50. The van der Waals surface area contributed by atoms with Crippen LogP contribution in [0.25, 0.3) is 11.0 Å². The van der Waals surface area contributed by atoms with Gasteiger partial charge in [0.2, 0.25) is 0 Å². The van der Waals surface area contributed by atoms with E-state index in [-0.39, 0.29) is 23.6 Å². The Morgan fingerprint density at radius 2 is 2.13 bits per heavy atom. The normalized spacial score (nSPS) is 18.8. The maximum Gasteiger partial charge on any atom is 0.269 e. The summed E-state index contributed by atoms with van der Waals surface area (Å²) in [6, 6.07) is 7.49. The number of pyridine rings is 3. The minimum atomic E-state index is -0.221. The SMILES string of the molecule is CCc1cc2ncc(CN3C[C@@H](Oc4ccc(C(=O)NC)nc4)[C@@H]3C)cc2[nH]c1=O. The highest BCUT2D eigenvalue weighted by Gasteiger charge is 2.37. The first-order valence-electron chi connectivity index (χ1n) is 10.1. The number of rotatable bonds is 6. The molecular formula is C22H25N5O3. The molecule has 0 spiro atoms. The first-order chi connectivity index (χ1) is 14.5. The molecule has 0 radical (unpaired) electrons. The van der Waals surface area contributed by atoms with Crippen molar-refractivity contribution in [3.8, 4) is 5.75 Å². The average Bonchev–Trinajstić information content (AvgIpc) is 2.77. The molecule has 2 atom stereocenters. The van der Waals surface area contributed by atoms with Gasteiger partial charge in [-0.1, -0.05) is 6.92 Å². The van der Waals surface area contributed by atoms with Gasteiger partial charge in [-0.15, -0.1) is 0 Å². The van der Waals surface area contributed by atoms with Crippen LogP contribution in [0.1, 0.15) is 35.5 Å². The summed E-state index contributed by atoms with van der Waals surface area (Å²) in [5.74, 6) is 0.428. The van der Waals surface area contributed by atoms with Gasteiger partial charge >= 0.3 is 0 Å². The Bertz CT molecular complexity index is 1130. The largest absolute Gasteiger partial charge is 0.486 e. The second kappa shape index (κ2) is 8.23. The number of nitrogens with one attached hydrogen (secondary N) is 2. The van der Waals surface area contributed by atoms with Gasteiger partial charge in [-0.3, -0.25) is 19.5 Å². The van der Waals surface area contributed by atoms with Crippen molar-refractivity contribution < 1.29 is 9.53 Å². The van der Waals surface area contributed by atoms with Gasteiger partial charge in [0.05, 0.1) is 17.2 Å². The van der Waals surface area contributed by atoms with Crippen LogP contribution >= 0.6 is 0 Å². The zero-order valence-electron chi connectivity index (χ0n) is 17.3. The van der Waals surface area contributed by atoms with Crippen LogP contribution in [0, 0.1) is 0 Å². The molecule has 1 aliphatic heterocycles. The Hall–Kier alpha value is -3.26. The molecule has 2 N–H and O–H groups in total. The van der Waals surface area contributed by atoms with E-state index in [1.165, 1.54) is 0 Å². The summed E-state index contributed by atoms with van der Waals surface area (Å²) in [6.45, 7) is 5.59. The first-order valence-corrected chi connectivity index (χ1v) is 10.1. The Balaban J connectivity index is 1.38. The van der Waals surface area contributed by atoms with Crippen molar-refractivity contribution in [2.75, 3.05) is 13.6 Å². The molecule has 3 aromatic rings. The van der Waals surface area contributed by atoms with Crippen LogP contribution < -0.4 is 15.6 Å². The predicted octanol–water partition coefficient (Wildman–Crippen LogP) is 1.89. The fourth-order valence-corrected chi connectivity index (χ4v) is 3.63. The van der Waals surface area contributed by atoms with Crippen LogP contribution in [0.4, 0.5) is 0 Å². The maximum atomic E-state index is 12.1. The third kappa shape index (κ3) is 3.91. The highest BCUT2D eigenvalue weighted by molar-refractivity contribution is 5.92. The van der Waals surface area contributed by atoms with Crippen molar-refractivity contribution >= 4 is 16.9 Å². The molecule has 3 aromatic heterocycles. The summed E-state index contributed by atoms with van der Waals surface area (Å²) in [6.07, 6.45) is 4.18. The number of aromatic nitrogens is 3. The van der Waals surface area contributed by atoms with Crippen molar-refractivity contribution in [3.63, 3.8) is 0 Å². The van der Waals surface area contributed by atoms with Gasteiger partial charge in [-0.2, -0.15) is 0 Å². The number of aryl methyl sites for hydroxylation is 1. The number of nitrogens with zero attached hydrogens (tertiary/aromatic N) is 3. The number of carbonyl (C=O) groups excluding carboxylic acids is 1. The number of aromatic amines is 1. The quantitative estimate of drug-likeness (QED) is 0.647. The zero-order valence-corrected chi connectivity index (χ0v) is 17.3. The number of H-pyrrole nitrogens is 1. The Labute approximate surface area is 174 Å². The summed E-state index contributed by atoms with van der Waals surface area (Å²) in [7, 11) is 1.57. The molecule has 0 bridgehead atoms. The van der Waals surface area contributed by atoms with Crippen molar-refractivity contribution in [2.45, 2.75) is 39.0 Å². The summed E-state index contributed by atoms with van der Waals surface area (Å²) in [5, 5.41) is 2.55. The number of carbonyl (C=O) groups is 1. The molecule has 1 fully saturated rings. The van der Waals surface area contributed by atoms with Crippen molar-refractivity contribution in [3.05, 3.63) is 63.8 Å². The lowest BCUT2D eigenvalue weighted by atomic mass is 10.00. The van der Waals surface area contributed by atoms with Crippen LogP contribution in [0.2, 0.25) is 0 Å². The van der Waals surface area contributed by atoms with Gasteiger partial charge in [0.1, 0.15) is 17.5 Å². The molecule has 4 heterocycles. The van der Waals surface area contributed by atoms with Crippen molar-refractivity contribution in [2.24, 2.45) is 0 Å². The molecule has 4 rings (SSSR count). The molecule has 0 saturated carbocycles. The molecule has 156 valence electrons. The second-order valence-electron chi connectivity index (χ2n) is 7.54. The smallest absolute Gasteiger partial charge is 0.269 e. The lowest BCUT2D eigenvalue weighted by molar-refractivity contribution is -0.0415. The van der Waals surface area contributed by atoms with Gasteiger partial charge in [0.25, 0.3) is 11.5 Å². The topological polar surface area (TPSA) is 100 Å². The fraction of sp³-hybridized carbons (Fsp3) is 0.364. The minimum Gasteiger partial charge on any atom is -0.486 e.